The van der Waals surface area contributed by atoms with Crippen LogP contribution in [0.4, 0.5) is 5.69 Å². The van der Waals surface area contributed by atoms with E-state index in [0.717, 1.165) is 6.42 Å². The van der Waals surface area contributed by atoms with Crippen LogP contribution in [-0.2, 0) is 4.79 Å². The van der Waals surface area contributed by atoms with Crippen molar-refractivity contribution in [2.24, 2.45) is 5.73 Å². The van der Waals surface area contributed by atoms with Gasteiger partial charge >= 0.3 is 5.97 Å². The van der Waals surface area contributed by atoms with Crippen molar-refractivity contribution < 1.29 is 14.7 Å². The van der Waals surface area contributed by atoms with Crippen LogP contribution in [0.3, 0.4) is 0 Å². The molecule has 5 nitrogen and oxygen atoms in total. The lowest BCUT2D eigenvalue weighted by Gasteiger charge is -2.39. The lowest BCUT2D eigenvalue weighted by molar-refractivity contribution is -0.145. The number of hydrogen-bond donors (Lipinski definition) is 3. The number of hydrogen-bond acceptors (Lipinski definition) is 3. The molecule has 90 valence electrons. The highest BCUT2D eigenvalue weighted by atomic mass is 16.4. The molecule has 0 bridgehead atoms. The first-order valence-corrected chi connectivity index (χ1v) is 5.45. The number of carboxylic acid groups (broad SMARTS) is 1. The number of anilines is 1. The summed E-state index contributed by atoms with van der Waals surface area (Å²) in [5, 5.41) is 12.2. The van der Waals surface area contributed by atoms with E-state index in [4.69, 9.17) is 10.8 Å². The number of primary amides is 1. The van der Waals surface area contributed by atoms with E-state index < -0.39 is 17.4 Å². The molecule has 0 aromatic heterocycles. The summed E-state index contributed by atoms with van der Waals surface area (Å²) in [5.41, 5.74) is 5.39. The minimum Gasteiger partial charge on any atom is -0.480 e. The molecule has 1 aromatic carbocycles. The van der Waals surface area contributed by atoms with E-state index in [1.165, 1.54) is 0 Å². The number of amides is 1. The summed E-state index contributed by atoms with van der Waals surface area (Å²) in [6.45, 7) is 0. The number of benzene rings is 1. The Labute approximate surface area is 98.6 Å². The Bertz CT molecular complexity index is 449. The molecule has 0 saturated heterocycles. The monoisotopic (exact) mass is 234 g/mol. The highest BCUT2D eigenvalue weighted by Crippen LogP contribution is 2.35. The van der Waals surface area contributed by atoms with E-state index in [1.807, 2.05) is 0 Å². The minimum atomic E-state index is -0.839. The summed E-state index contributed by atoms with van der Waals surface area (Å²) in [4.78, 5) is 22.0. The molecule has 1 fully saturated rings. The normalized spacial score (nSPS) is 16.9. The van der Waals surface area contributed by atoms with E-state index in [2.05, 4.69) is 5.32 Å². The highest BCUT2D eigenvalue weighted by Gasteiger charge is 2.44. The Kier molecular flexibility index (Phi) is 2.75. The van der Waals surface area contributed by atoms with Gasteiger partial charge in [-0.05, 0) is 43.5 Å². The first-order chi connectivity index (χ1) is 8.03. The molecule has 0 radical (unpaired) electrons. The van der Waals surface area contributed by atoms with Gasteiger partial charge in [0.25, 0.3) is 0 Å². The Morgan fingerprint density at radius 3 is 2.18 bits per heavy atom. The quantitative estimate of drug-likeness (QED) is 0.730. The molecule has 1 saturated carbocycles. The van der Waals surface area contributed by atoms with Crippen LogP contribution >= 0.6 is 0 Å². The summed E-state index contributed by atoms with van der Waals surface area (Å²) >= 11 is 0. The summed E-state index contributed by atoms with van der Waals surface area (Å²) in [6, 6.07) is 6.50. The molecule has 4 N–H and O–H groups in total. The van der Waals surface area contributed by atoms with Crippen molar-refractivity contribution in [3.63, 3.8) is 0 Å². The smallest absolute Gasteiger partial charge is 0.329 e. The molecular formula is C12H14N2O3. The van der Waals surface area contributed by atoms with Gasteiger partial charge in [-0.1, -0.05) is 0 Å². The van der Waals surface area contributed by atoms with Crippen LogP contribution in [0.5, 0.6) is 0 Å². The number of carboxylic acids is 1. The Morgan fingerprint density at radius 1 is 1.24 bits per heavy atom. The molecule has 2 rings (SSSR count). The molecule has 1 amide bonds. The fourth-order valence-corrected chi connectivity index (χ4v) is 1.92. The van der Waals surface area contributed by atoms with Crippen molar-refractivity contribution in [2.45, 2.75) is 24.8 Å². The third-order valence-electron chi connectivity index (χ3n) is 3.17. The third-order valence-corrected chi connectivity index (χ3v) is 3.17. The van der Waals surface area contributed by atoms with Gasteiger partial charge in [0, 0.05) is 11.3 Å². The predicted octanol–water partition coefficient (Wildman–Crippen LogP) is 1.20. The summed E-state index contributed by atoms with van der Waals surface area (Å²) in [6.07, 6.45) is 2.17. The summed E-state index contributed by atoms with van der Waals surface area (Å²) in [7, 11) is 0. The number of carbonyl (C=O) groups is 2. The lowest BCUT2D eigenvalue weighted by Crippen LogP contribution is -2.52. The van der Waals surface area contributed by atoms with Crippen LogP contribution in [0.15, 0.2) is 24.3 Å². The first-order valence-electron chi connectivity index (χ1n) is 5.45. The van der Waals surface area contributed by atoms with Crippen LogP contribution in [0.2, 0.25) is 0 Å². The standard InChI is InChI=1S/C12H14N2O3/c13-10(15)8-2-4-9(5-3-8)14-12(11(16)17)6-1-7-12/h2-5,14H,1,6-7H2,(H2,13,15)(H,16,17). The maximum atomic E-state index is 11.1. The van der Waals surface area contributed by atoms with E-state index in [1.54, 1.807) is 24.3 Å². The van der Waals surface area contributed by atoms with Gasteiger partial charge < -0.3 is 16.2 Å². The third kappa shape index (κ3) is 2.08. The fraction of sp³-hybridized carbons (Fsp3) is 0.333. The first kappa shape index (κ1) is 11.4. The van der Waals surface area contributed by atoms with Crippen molar-refractivity contribution in [1.29, 1.82) is 0 Å². The molecule has 5 heteroatoms. The van der Waals surface area contributed by atoms with E-state index in [-0.39, 0.29) is 0 Å². The van der Waals surface area contributed by atoms with Crippen LogP contribution in [0, 0.1) is 0 Å². The minimum absolute atomic E-state index is 0.411. The summed E-state index contributed by atoms with van der Waals surface area (Å²) < 4.78 is 0. The van der Waals surface area contributed by atoms with Gasteiger partial charge in [0.2, 0.25) is 5.91 Å². The largest absolute Gasteiger partial charge is 0.480 e. The molecule has 1 aromatic rings. The molecule has 0 atom stereocenters. The van der Waals surface area contributed by atoms with Gasteiger partial charge in [-0.15, -0.1) is 0 Å². The molecule has 0 spiro atoms. The molecular weight excluding hydrogens is 220 g/mol. The Balaban J connectivity index is 2.13. The average Bonchev–Trinajstić information content (AvgIpc) is 2.23. The zero-order valence-electron chi connectivity index (χ0n) is 9.27. The average molecular weight is 234 g/mol. The van der Waals surface area contributed by atoms with Gasteiger partial charge in [-0.25, -0.2) is 4.79 Å². The second-order valence-electron chi connectivity index (χ2n) is 4.31. The lowest BCUT2D eigenvalue weighted by atomic mass is 9.76. The maximum absolute atomic E-state index is 11.1. The van der Waals surface area contributed by atoms with E-state index >= 15 is 0 Å². The van der Waals surface area contributed by atoms with Crippen LogP contribution in [0.1, 0.15) is 29.6 Å². The Hall–Kier alpha value is -2.04. The molecule has 1 aliphatic rings. The van der Waals surface area contributed by atoms with Crippen LogP contribution < -0.4 is 11.1 Å². The molecule has 0 heterocycles. The number of nitrogens with two attached hydrogens (primary N) is 1. The topological polar surface area (TPSA) is 92.4 Å². The van der Waals surface area contributed by atoms with Gasteiger partial charge in [-0.3, -0.25) is 4.79 Å². The van der Waals surface area contributed by atoms with E-state index in [9.17, 15) is 9.59 Å². The number of aliphatic carboxylic acids is 1. The molecule has 1 aliphatic carbocycles. The summed E-state index contributed by atoms with van der Waals surface area (Å²) in [5.74, 6) is -1.32. The maximum Gasteiger partial charge on any atom is 0.329 e. The zero-order chi connectivity index (χ0) is 12.5. The van der Waals surface area contributed by atoms with Crippen molar-refractivity contribution in [3.05, 3.63) is 29.8 Å². The van der Waals surface area contributed by atoms with Gasteiger partial charge in [0.15, 0.2) is 0 Å². The van der Waals surface area contributed by atoms with Gasteiger partial charge in [-0.2, -0.15) is 0 Å². The Morgan fingerprint density at radius 2 is 1.82 bits per heavy atom. The SMILES string of the molecule is NC(=O)c1ccc(NC2(C(=O)O)CCC2)cc1. The van der Waals surface area contributed by atoms with Gasteiger partial charge in [0.05, 0.1) is 0 Å². The van der Waals surface area contributed by atoms with Crippen LogP contribution in [-0.4, -0.2) is 22.5 Å². The second kappa shape index (κ2) is 4.08. The number of carbonyl (C=O) groups excluding carboxylic acids is 1. The van der Waals surface area contributed by atoms with Gasteiger partial charge in [0.1, 0.15) is 5.54 Å². The zero-order valence-corrected chi connectivity index (χ0v) is 9.27. The van der Waals surface area contributed by atoms with Crippen molar-refractivity contribution in [3.8, 4) is 0 Å². The fourth-order valence-electron chi connectivity index (χ4n) is 1.92. The van der Waals surface area contributed by atoms with Crippen molar-refractivity contribution >= 4 is 17.6 Å². The van der Waals surface area contributed by atoms with Crippen molar-refractivity contribution in [2.75, 3.05) is 5.32 Å². The van der Waals surface area contributed by atoms with Crippen molar-refractivity contribution in [1.82, 2.24) is 0 Å². The van der Waals surface area contributed by atoms with E-state index in [0.29, 0.717) is 24.1 Å². The molecule has 0 aliphatic heterocycles. The molecule has 17 heavy (non-hydrogen) atoms. The second-order valence-corrected chi connectivity index (χ2v) is 4.31. The number of rotatable bonds is 4. The highest BCUT2D eigenvalue weighted by molar-refractivity contribution is 5.93. The predicted molar refractivity (Wildman–Crippen MR) is 62.8 cm³/mol. The molecule has 0 unspecified atom stereocenters. The number of nitrogens with one attached hydrogen (secondary N) is 1. The van der Waals surface area contributed by atoms with Crippen LogP contribution in [0.25, 0.3) is 0 Å².